The molecule has 0 aromatic rings. The maximum Gasteiger partial charge on any atom is 0.0852 e. The molecule has 0 aromatic carbocycles. The second-order valence-electron chi connectivity index (χ2n) is 7.43. The highest BCUT2D eigenvalue weighted by Crippen LogP contribution is 2.50. The van der Waals surface area contributed by atoms with Gasteiger partial charge in [0.2, 0.25) is 0 Å². The molecule has 98 valence electrons. The molecule has 2 heteroatoms. The molecule has 0 heterocycles. The Morgan fingerprint density at radius 1 is 1.18 bits per heavy atom. The molecule has 1 aliphatic rings. The van der Waals surface area contributed by atoms with Crippen molar-refractivity contribution in [1.29, 1.82) is 0 Å². The van der Waals surface area contributed by atoms with Crippen LogP contribution in [0.2, 0.25) is 0 Å². The van der Waals surface area contributed by atoms with Crippen LogP contribution in [0.3, 0.4) is 0 Å². The van der Waals surface area contributed by atoms with E-state index in [2.05, 4.69) is 48.5 Å². The first-order chi connectivity index (χ1) is 7.39. The first-order valence-corrected chi connectivity index (χ1v) is 6.28. The fourth-order valence-electron chi connectivity index (χ4n) is 2.30. The lowest BCUT2D eigenvalue weighted by Gasteiger charge is -2.48. The van der Waals surface area contributed by atoms with Crippen molar-refractivity contribution >= 4 is 0 Å². The van der Waals surface area contributed by atoms with Crippen LogP contribution in [0.15, 0.2) is 23.4 Å². The summed E-state index contributed by atoms with van der Waals surface area (Å²) in [6, 6.07) is 0. The molecule has 0 aliphatic heterocycles. The average molecular weight is 237 g/mol. The van der Waals surface area contributed by atoms with Gasteiger partial charge in [-0.2, -0.15) is 0 Å². The van der Waals surface area contributed by atoms with Crippen molar-refractivity contribution in [3.05, 3.63) is 23.4 Å². The predicted molar refractivity (Wildman–Crippen MR) is 73.4 cm³/mol. The third-order valence-electron chi connectivity index (χ3n) is 4.13. The first-order valence-electron chi connectivity index (χ1n) is 6.28. The lowest BCUT2D eigenvalue weighted by molar-refractivity contribution is 0.00646. The summed E-state index contributed by atoms with van der Waals surface area (Å²) >= 11 is 0. The first kappa shape index (κ1) is 14.3. The third kappa shape index (κ3) is 2.42. The summed E-state index contributed by atoms with van der Waals surface area (Å²) in [5.41, 5.74) is 7.39. The van der Waals surface area contributed by atoms with Gasteiger partial charge in [0.15, 0.2) is 0 Å². The standard InChI is InChI=1S/C15H27NO/c1-13(2,3)11-8-10(16)9-15(7,12(11)17)14(4,5)6/h8-9,12,17H,16H2,1-7H3. The molecule has 0 saturated heterocycles. The fourth-order valence-corrected chi connectivity index (χ4v) is 2.30. The van der Waals surface area contributed by atoms with Crippen molar-refractivity contribution in [2.75, 3.05) is 0 Å². The highest BCUT2D eigenvalue weighted by atomic mass is 16.3. The van der Waals surface area contributed by atoms with Crippen LogP contribution in [0.5, 0.6) is 0 Å². The largest absolute Gasteiger partial charge is 0.399 e. The topological polar surface area (TPSA) is 46.2 Å². The van der Waals surface area contributed by atoms with Crippen LogP contribution >= 0.6 is 0 Å². The van der Waals surface area contributed by atoms with Crippen LogP contribution in [-0.4, -0.2) is 11.2 Å². The summed E-state index contributed by atoms with van der Waals surface area (Å²) in [5.74, 6) is 0. The van der Waals surface area contributed by atoms with Crippen molar-refractivity contribution in [2.45, 2.75) is 54.6 Å². The summed E-state index contributed by atoms with van der Waals surface area (Å²) in [4.78, 5) is 0. The molecule has 0 amide bonds. The zero-order valence-corrected chi connectivity index (χ0v) is 12.3. The van der Waals surface area contributed by atoms with Gasteiger partial charge >= 0.3 is 0 Å². The minimum absolute atomic E-state index is 0.0399. The van der Waals surface area contributed by atoms with Crippen molar-refractivity contribution in [2.24, 2.45) is 22.0 Å². The van der Waals surface area contributed by atoms with Crippen LogP contribution in [0.25, 0.3) is 0 Å². The van der Waals surface area contributed by atoms with Crippen molar-refractivity contribution < 1.29 is 5.11 Å². The molecule has 1 rings (SSSR count). The Kier molecular flexibility index (Phi) is 3.26. The number of aliphatic hydroxyl groups excluding tert-OH is 1. The molecule has 0 aromatic heterocycles. The summed E-state index contributed by atoms with van der Waals surface area (Å²) in [7, 11) is 0. The number of allylic oxidation sites excluding steroid dienone is 1. The van der Waals surface area contributed by atoms with Crippen LogP contribution in [-0.2, 0) is 0 Å². The number of hydrogen-bond acceptors (Lipinski definition) is 2. The minimum Gasteiger partial charge on any atom is -0.399 e. The van der Waals surface area contributed by atoms with Crippen molar-refractivity contribution in [1.82, 2.24) is 0 Å². The van der Waals surface area contributed by atoms with E-state index < -0.39 is 6.10 Å². The van der Waals surface area contributed by atoms with E-state index in [1.807, 2.05) is 12.2 Å². The van der Waals surface area contributed by atoms with Crippen molar-refractivity contribution in [3.63, 3.8) is 0 Å². The van der Waals surface area contributed by atoms with Gasteiger partial charge in [-0.3, -0.25) is 0 Å². The van der Waals surface area contributed by atoms with E-state index in [0.717, 1.165) is 11.3 Å². The van der Waals surface area contributed by atoms with Gasteiger partial charge in [-0.25, -0.2) is 0 Å². The van der Waals surface area contributed by atoms with Gasteiger partial charge in [0, 0.05) is 11.1 Å². The highest BCUT2D eigenvalue weighted by Gasteiger charge is 2.47. The van der Waals surface area contributed by atoms with Gasteiger partial charge in [-0.05, 0) is 22.5 Å². The quantitative estimate of drug-likeness (QED) is 0.679. The van der Waals surface area contributed by atoms with E-state index in [9.17, 15) is 5.11 Å². The number of rotatable bonds is 0. The van der Waals surface area contributed by atoms with Crippen LogP contribution < -0.4 is 5.73 Å². The van der Waals surface area contributed by atoms with E-state index in [0.29, 0.717) is 0 Å². The van der Waals surface area contributed by atoms with Crippen molar-refractivity contribution in [3.8, 4) is 0 Å². The molecule has 0 spiro atoms. The van der Waals surface area contributed by atoms with Gasteiger partial charge in [0.05, 0.1) is 6.10 Å². The molecule has 17 heavy (non-hydrogen) atoms. The molecule has 3 N–H and O–H groups in total. The van der Waals surface area contributed by atoms with Gasteiger partial charge in [-0.15, -0.1) is 0 Å². The summed E-state index contributed by atoms with van der Waals surface area (Å²) in [6.45, 7) is 14.9. The second-order valence-corrected chi connectivity index (χ2v) is 7.43. The Morgan fingerprint density at radius 3 is 2.00 bits per heavy atom. The Labute approximate surface area is 106 Å². The molecule has 2 unspecified atom stereocenters. The predicted octanol–water partition coefficient (Wildman–Crippen LogP) is 3.23. The normalized spacial score (nSPS) is 30.9. The Morgan fingerprint density at radius 2 is 1.65 bits per heavy atom. The van der Waals surface area contributed by atoms with Gasteiger partial charge in [0.25, 0.3) is 0 Å². The molecule has 2 atom stereocenters. The monoisotopic (exact) mass is 237 g/mol. The van der Waals surface area contributed by atoms with Gasteiger partial charge in [0.1, 0.15) is 0 Å². The van der Waals surface area contributed by atoms with Crippen LogP contribution in [0.1, 0.15) is 48.5 Å². The zero-order chi connectivity index (χ0) is 13.6. The average Bonchev–Trinajstić information content (AvgIpc) is 2.07. The zero-order valence-electron chi connectivity index (χ0n) is 12.3. The highest BCUT2D eigenvalue weighted by molar-refractivity contribution is 5.37. The Balaban J connectivity index is 3.32. The smallest absolute Gasteiger partial charge is 0.0852 e. The minimum atomic E-state index is -0.477. The third-order valence-corrected chi connectivity index (χ3v) is 4.13. The van der Waals surface area contributed by atoms with Gasteiger partial charge < -0.3 is 10.8 Å². The maximum atomic E-state index is 10.7. The Hall–Kier alpha value is -0.760. The summed E-state index contributed by atoms with van der Waals surface area (Å²) in [6.07, 6.45) is 3.46. The maximum absolute atomic E-state index is 10.7. The van der Waals surface area contributed by atoms with Gasteiger partial charge in [-0.1, -0.05) is 54.5 Å². The van der Waals surface area contributed by atoms with Crippen LogP contribution in [0, 0.1) is 16.2 Å². The summed E-state index contributed by atoms with van der Waals surface area (Å²) < 4.78 is 0. The van der Waals surface area contributed by atoms with E-state index >= 15 is 0 Å². The molecule has 0 bridgehead atoms. The second kappa shape index (κ2) is 3.88. The molecule has 0 fully saturated rings. The molecular weight excluding hydrogens is 210 g/mol. The Bertz CT molecular complexity index is 365. The number of nitrogens with two attached hydrogens (primary N) is 1. The van der Waals surface area contributed by atoms with E-state index in [4.69, 9.17) is 5.73 Å². The summed E-state index contributed by atoms with van der Waals surface area (Å²) in [5, 5.41) is 10.7. The van der Waals surface area contributed by atoms with Crippen LogP contribution in [0.4, 0.5) is 0 Å². The lowest BCUT2D eigenvalue weighted by Crippen LogP contribution is -2.47. The van der Waals surface area contributed by atoms with E-state index in [1.165, 1.54) is 0 Å². The number of hydrogen-bond donors (Lipinski definition) is 2. The van der Waals surface area contributed by atoms with E-state index in [-0.39, 0.29) is 16.2 Å². The van der Waals surface area contributed by atoms with E-state index in [1.54, 1.807) is 0 Å². The SMILES string of the molecule is CC(C)(C)C1=CC(N)=CC(C)(C(C)(C)C)C1O. The lowest BCUT2D eigenvalue weighted by atomic mass is 9.58. The fraction of sp³-hybridized carbons (Fsp3) is 0.733. The molecular formula is C15H27NO. The molecule has 2 nitrogen and oxygen atoms in total. The molecule has 0 saturated carbocycles. The molecule has 1 aliphatic carbocycles. The number of aliphatic hydroxyl groups is 1. The molecule has 0 radical (unpaired) electrons.